The quantitative estimate of drug-likeness (QED) is 0.692. The van der Waals surface area contributed by atoms with Crippen molar-refractivity contribution in [3.63, 3.8) is 0 Å². The molecule has 1 aliphatic heterocycles. The largest absolute Gasteiger partial charge is 0.335 e. The van der Waals surface area contributed by atoms with Gasteiger partial charge in [0.1, 0.15) is 11.4 Å². The normalized spacial score (nSPS) is 16.6. The van der Waals surface area contributed by atoms with Crippen molar-refractivity contribution in [2.45, 2.75) is 0 Å². The van der Waals surface area contributed by atoms with Crippen LogP contribution in [0.3, 0.4) is 0 Å². The topological polar surface area (TPSA) is 66.5 Å². The van der Waals surface area contributed by atoms with Gasteiger partial charge in [-0.3, -0.25) is 14.9 Å². The van der Waals surface area contributed by atoms with Crippen LogP contribution in [0, 0.1) is 5.82 Å². The maximum absolute atomic E-state index is 13.4. The molecule has 1 aliphatic rings. The first kappa shape index (κ1) is 16.3. The highest BCUT2D eigenvalue weighted by Crippen LogP contribution is 2.21. The van der Waals surface area contributed by atoms with Crippen LogP contribution >= 0.6 is 0 Å². The molecule has 25 heavy (non-hydrogen) atoms. The molecule has 0 radical (unpaired) electrons. The van der Waals surface area contributed by atoms with Crippen LogP contribution in [-0.4, -0.2) is 17.8 Å². The van der Waals surface area contributed by atoms with Gasteiger partial charge < -0.3 is 0 Å². The van der Waals surface area contributed by atoms with Gasteiger partial charge in [-0.05, 0) is 29.8 Å². The van der Waals surface area contributed by atoms with Gasteiger partial charge in [0.05, 0.1) is 5.69 Å². The molecule has 0 saturated carbocycles. The Morgan fingerprint density at radius 2 is 1.72 bits per heavy atom. The average molecular weight is 336 g/mol. The van der Waals surface area contributed by atoms with E-state index in [0.29, 0.717) is 0 Å². The zero-order valence-electron chi connectivity index (χ0n) is 13.0. The van der Waals surface area contributed by atoms with Crippen LogP contribution in [-0.2, 0) is 9.59 Å². The summed E-state index contributed by atoms with van der Waals surface area (Å²) >= 11 is 0. The van der Waals surface area contributed by atoms with Gasteiger partial charge in [-0.15, -0.1) is 0 Å². The second kappa shape index (κ2) is 6.92. The Bertz CT molecular complexity index is 904. The molecular formula is C19H13FN2O3. The van der Waals surface area contributed by atoms with E-state index in [0.717, 1.165) is 16.5 Å². The van der Waals surface area contributed by atoms with E-state index < -0.39 is 23.7 Å². The molecule has 0 aliphatic carbocycles. The van der Waals surface area contributed by atoms with Crippen LogP contribution in [0.2, 0.25) is 0 Å². The number of nitrogens with zero attached hydrogens (tertiary/aromatic N) is 1. The predicted octanol–water partition coefficient (Wildman–Crippen LogP) is 3.05. The number of halogens is 1. The molecular weight excluding hydrogens is 323 g/mol. The van der Waals surface area contributed by atoms with Crippen LogP contribution in [0.4, 0.5) is 14.9 Å². The molecule has 1 heterocycles. The number of benzene rings is 2. The number of barbiturate groups is 1. The van der Waals surface area contributed by atoms with E-state index in [-0.39, 0.29) is 11.3 Å². The van der Waals surface area contributed by atoms with Crippen molar-refractivity contribution in [1.82, 2.24) is 5.32 Å². The molecule has 0 spiro atoms. The number of nitrogens with one attached hydrogen (secondary N) is 1. The standard InChI is InChI=1S/C19H13FN2O3/c20-14-9-5-10-15(12-14)22-18(24)16(17(23)21-19(22)25)11-4-8-13-6-2-1-3-7-13/h1-12H,(H,21,23,25)/b8-4+,16-11+. The van der Waals surface area contributed by atoms with Gasteiger partial charge in [-0.1, -0.05) is 48.6 Å². The van der Waals surface area contributed by atoms with Gasteiger partial charge in [0, 0.05) is 0 Å². The number of allylic oxidation sites excluding steroid dienone is 2. The van der Waals surface area contributed by atoms with Gasteiger partial charge in [-0.25, -0.2) is 14.1 Å². The van der Waals surface area contributed by atoms with Crippen molar-refractivity contribution in [3.05, 3.63) is 83.7 Å². The molecule has 5 nitrogen and oxygen atoms in total. The first-order valence-corrected chi connectivity index (χ1v) is 7.45. The number of carbonyl (C=O) groups excluding carboxylic acids is 3. The number of urea groups is 1. The Hall–Kier alpha value is -3.54. The van der Waals surface area contributed by atoms with Gasteiger partial charge in [0.15, 0.2) is 0 Å². The summed E-state index contributed by atoms with van der Waals surface area (Å²) in [5.74, 6) is -2.19. The van der Waals surface area contributed by atoms with E-state index in [9.17, 15) is 18.8 Å². The molecule has 1 saturated heterocycles. The van der Waals surface area contributed by atoms with E-state index in [2.05, 4.69) is 5.32 Å². The summed E-state index contributed by atoms with van der Waals surface area (Å²) in [5.41, 5.74) is 0.727. The Balaban J connectivity index is 1.90. The second-order valence-electron chi connectivity index (χ2n) is 5.23. The van der Waals surface area contributed by atoms with E-state index in [1.54, 1.807) is 12.2 Å². The monoisotopic (exact) mass is 336 g/mol. The Kier molecular flexibility index (Phi) is 4.52. The third kappa shape index (κ3) is 3.53. The predicted molar refractivity (Wildman–Crippen MR) is 91.0 cm³/mol. The summed E-state index contributed by atoms with van der Waals surface area (Å²) in [6.45, 7) is 0. The lowest BCUT2D eigenvalue weighted by Crippen LogP contribution is -2.54. The van der Waals surface area contributed by atoms with Crippen molar-refractivity contribution >= 4 is 29.6 Å². The number of amides is 4. The number of rotatable bonds is 3. The maximum Gasteiger partial charge on any atom is 0.335 e. The number of carbonyl (C=O) groups is 3. The van der Waals surface area contributed by atoms with E-state index in [1.165, 1.54) is 24.3 Å². The first-order valence-electron chi connectivity index (χ1n) is 7.45. The number of hydrogen-bond acceptors (Lipinski definition) is 3. The SMILES string of the molecule is O=C1NC(=O)N(c2cccc(F)c2)C(=O)/C1=C/C=C/c1ccccc1. The fourth-order valence-corrected chi connectivity index (χ4v) is 2.35. The van der Waals surface area contributed by atoms with Crippen molar-refractivity contribution in [2.24, 2.45) is 0 Å². The number of imide groups is 2. The second-order valence-corrected chi connectivity index (χ2v) is 5.23. The molecule has 6 heteroatoms. The number of anilines is 1. The highest BCUT2D eigenvalue weighted by Gasteiger charge is 2.36. The molecule has 3 rings (SSSR count). The average Bonchev–Trinajstić information content (AvgIpc) is 2.58. The van der Waals surface area contributed by atoms with Crippen molar-refractivity contribution in [3.8, 4) is 0 Å². The third-order valence-corrected chi connectivity index (χ3v) is 3.52. The van der Waals surface area contributed by atoms with Crippen LogP contribution in [0.25, 0.3) is 6.08 Å². The zero-order valence-corrected chi connectivity index (χ0v) is 13.0. The van der Waals surface area contributed by atoms with Gasteiger partial charge in [0.2, 0.25) is 0 Å². The lowest BCUT2D eigenvalue weighted by molar-refractivity contribution is -0.122. The fourth-order valence-electron chi connectivity index (χ4n) is 2.35. The molecule has 0 atom stereocenters. The minimum absolute atomic E-state index is 0.0490. The Morgan fingerprint density at radius 1 is 0.960 bits per heavy atom. The summed E-state index contributed by atoms with van der Waals surface area (Å²) in [5, 5.41) is 2.08. The van der Waals surface area contributed by atoms with E-state index >= 15 is 0 Å². The van der Waals surface area contributed by atoms with Crippen molar-refractivity contribution < 1.29 is 18.8 Å². The Labute approximate surface area is 143 Å². The van der Waals surface area contributed by atoms with Crippen molar-refractivity contribution in [2.75, 3.05) is 4.90 Å². The summed E-state index contributed by atoms with van der Waals surface area (Å²) in [6, 6.07) is 13.4. The molecule has 0 bridgehead atoms. The minimum Gasteiger partial charge on any atom is -0.273 e. The molecule has 2 aromatic rings. The van der Waals surface area contributed by atoms with Gasteiger partial charge >= 0.3 is 6.03 Å². The van der Waals surface area contributed by atoms with Crippen LogP contribution in [0.15, 0.2) is 72.3 Å². The van der Waals surface area contributed by atoms with Crippen LogP contribution < -0.4 is 10.2 Å². The lowest BCUT2D eigenvalue weighted by atomic mass is 10.1. The molecule has 124 valence electrons. The smallest absolute Gasteiger partial charge is 0.273 e. The van der Waals surface area contributed by atoms with E-state index in [4.69, 9.17) is 0 Å². The van der Waals surface area contributed by atoms with Crippen LogP contribution in [0.1, 0.15) is 5.56 Å². The van der Waals surface area contributed by atoms with Gasteiger partial charge in [0.25, 0.3) is 11.8 Å². The lowest BCUT2D eigenvalue weighted by Gasteiger charge is -2.26. The molecule has 4 amide bonds. The number of hydrogen-bond donors (Lipinski definition) is 1. The molecule has 1 fully saturated rings. The maximum atomic E-state index is 13.4. The summed E-state index contributed by atoms with van der Waals surface area (Å²) in [6.07, 6.45) is 4.58. The molecule has 0 aromatic heterocycles. The fraction of sp³-hybridized carbons (Fsp3) is 0. The zero-order chi connectivity index (χ0) is 17.8. The molecule has 0 unspecified atom stereocenters. The van der Waals surface area contributed by atoms with E-state index in [1.807, 2.05) is 30.3 Å². The highest BCUT2D eigenvalue weighted by molar-refractivity contribution is 6.37. The minimum atomic E-state index is -0.912. The summed E-state index contributed by atoms with van der Waals surface area (Å²) in [4.78, 5) is 37.2. The van der Waals surface area contributed by atoms with Crippen LogP contribution in [0.5, 0.6) is 0 Å². The third-order valence-electron chi connectivity index (χ3n) is 3.52. The Morgan fingerprint density at radius 3 is 2.44 bits per heavy atom. The van der Waals surface area contributed by atoms with Crippen molar-refractivity contribution in [1.29, 1.82) is 0 Å². The molecule has 1 N–H and O–H groups in total. The highest BCUT2D eigenvalue weighted by atomic mass is 19.1. The summed E-state index contributed by atoms with van der Waals surface area (Å²) in [7, 11) is 0. The molecule has 2 aromatic carbocycles. The van der Waals surface area contributed by atoms with Gasteiger partial charge in [-0.2, -0.15) is 0 Å². The first-order chi connectivity index (χ1) is 12.1. The summed E-state index contributed by atoms with van der Waals surface area (Å²) < 4.78 is 13.4.